The zero-order valence-electron chi connectivity index (χ0n) is 15.0. The number of amides is 2. The molecule has 1 aliphatic heterocycles. The predicted molar refractivity (Wildman–Crippen MR) is 105 cm³/mol. The Morgan fingerprint density at radius 3 is 2.54 bits per heavy atom. The summed E-state index contributed by atoms with van der Waals surface area (Å²) in [7, 11) is 0. The topological polar surface area (TPSA) is 64.6 Å². The lowest BCUT2D eigenvalue weighted by molar-refractivity contribution is 0.139. The van der Waals surface area contributed by atoms with Crippen LogP contribution in [0.25, 0.3) is 11.1 Å². The summed E-state index contributed by atoms with van der Waals surface area (Å²) in [5.41, 5.74) is 3.07. The molecule has 0 saturated carbocycles. The monoisotopic (exact) mass is 353 g/mol. The normalized spacial score (nSPS) is 17.7. The quantitative estimate of drug-likeness (QED) is 0.747. The number of benzene rings is 2. The molecule has 3 N–H and O–H groups in total. The molecule has 0 aromatic heterocycles. The molecule has 0 bridgehead atoms. The number of piperidine rings is 1. The summed E-state index contributed by atoms with van der Waals surface area (Å²) in [5, 5.41) is 14.9. The summed E-state index contributed by atoms with van der Waals surface area (Å²) in [6.45, 7) is 3.55. The molecule has 26 heavy (non-hydrogen) atoms. The fourth-order valence-electron chi connectivity index (χ4n) is 3.45. The molecule has 2 amide bonds. The summed E-state index contributed by atoms with van der Waals surface area (Å²) in [6, 6.07) is 17.9. The maximum absolute atomic E-state index is 12.1. The maximum atomic E-state index is 12.1. The van der Waals surface area contributed by atoms with Crippen LogP contribution in [0.15, 0.2) is 54.6 Å². The second-order valence-corrected chi connectivity index (χ2v) is 6.81. The molecule has 0 unspecified atom stereocenters. The Labute approximate surface area is 155 Å². The third kappa shape index (κ3) is 5.31. The van der Waals surface area contributed by atoms with Crippen LogP contribution in [0, 0.1) is 5.92 Å². The van der Waals surface area contributed by atoms with E-state index < -0.39 is 0 Å². The summed E-state index contributed by atoms with van der Waals surface area (Å²) in [5.74, 6) is 0.446. The molecule has 1 saturated heterocycles. The van der Waals surface area contributed by atoms with Gasteiger partial charge in [0.05, 0.1) is 6.61 Å². The van der Waals surface area contributed by atoms with E-state index in [4.69, 9.17) is 5.11 Å². The first-order chi connectivity index (χ1) is 12.7. The van der Waals surface area contributed by atoms with Crippen LogP contribution < -0.4 is 10.6 Å². The molecule has 1 heterocycles. The van der Waals surface area contributed by atoms with Crippen LogP contribution in [0.5, 0.6) is 0 Å². The molecule has 3 rings (SSSR count). The number of likely N-dealkylation sites (tertiary alicyclic amines) is 1. The first-order valence-corrected chi connectivity index (χ1v) is 9.28. The van der Waals surface area contributed by atoms with E-state index in [9.17, 15) is 4.79 Å². The Bertz CT molecular complexity index is 686. The number of rotatable bonds is 6. The molecule has 1 aliphatic rings. The number of aliphatic hydroxyl groups excluding tert-OH is 1. The number of nitrogens with zero attached hydrogens (tertiary/aromatic N) is 1. The molecule has 5 nitrogen and oxygen atoms in total. The minimum absolute atomic E-state index is 0.170. The summed E-state index contributed by atoms with van der Waals surface area (Å²) >= 11 is 0. The Morgan fingerprint density at radius 1 is 1.08 bits per heavy atom. The van der Waals surface area contributed by atoms with Crippen molar-refractivity contribution in [2.24, 2.45) is 5.92 Å². The number of β-amino-alcohol motifs (C(OH)–C–C–N with tert-alkyl or cyclic N) is 1. The average molecular weight is 353 g/mol. The number of urea groups is 1. The van der Waals surface area contributed by atoms with E-state index in [1.165, 1.54) is 0 Å². The number of carbonyl (C=O) groups excluding carboxylic acids is 1. The second kappa shape index (κ2) is 9.36. The number of anilines is 1. The fourth-order valence-corrected chi connectivity index (χ4v) is 3.45. The van der Waals surface area contributed by atoms with Gasteiger partial charge in [0.1, 0.15) is 0 Å². The minimum atomic E-state index is -0.170. The van der Waals surface area contributed by atoms with E-state index in [1.807, 2.05) is 42.5 Å². The summed E-state index contributed by atoms with van der Waals surface area (Å²) in [4.78, 5) is 14.4. The third-order valence-corrected chi connectivity index (χ3v) is 4.82. The third-order valence-electron chi connectivity index (χ3n) is 4.82. The predicted octanol–water partition coefficient (Wildman–Crippen LogP) is 3.18. The van der Waals surface area contributed by atoms with Crippen LogP contribution in [0.3, 0.4) is 0 Å². The van der Waals surface area contributed by atoms with Crippen LogP contribution in [-0.4, -0.2) is 48.8 Å². The van der Waals surface area contributed by atoms with Crippen LogP contribution >= 0.6 is 0 Å². The first kappa shape index (κ1) is 18.4. The smallest absolute Gasteiger partial charge is 0.319 e. The summed E-state index contributed by atoms with van der Waals surface area (Å²) in [6.07, 6.45) is 2.24. The highest BCUT2D eigenvalue weighted by atomic mass is 16.3. The minimum Gasteiger partial charge on any atom is -0.395 e. The highest BCUT2D eigenvalue weighted by Crippen LogP contribution is 2.21. The largest absolute Gasteiger partial charge is 0.395 e. The van der Waals surface area contributed by atoms with E-state index in [0.717, 1.165) is 49.3 Å². The zero-order valence-corrected chi connectivity index (χ0v) is 15.0. The van der Waals surface area contributed by atoms with E-state index in [0.29, 0.717) is 12.5 Å². The molecule has 138 valence electrons. The standard InChI is InChI=1S/C21H27N3O2/c25-14-13-24-12-4-5-17(16-24)15-22-21(26)23-20-10-8-19(9-11-20)18-6-2-1-3-7-18/h1-3,6-11,17,25H,4-5,12-16H2,(H2,22,23,26)/t17-/m0/s1. The van der Waals surface area contributed by atoms with Crippen molar-refractivity contribution in [3.05, 3.63) is 54.6 Å². The van der Waals surface area contributed by atoms with Crippen LogP contribution in [0.1, 0.15) is 12.8 Å². The van der Waals surface area contributed by atoms with Gasteiger partial charge in [-0.1, -0.05) is 42.5 Å². The van der Waals surface area contributed by atoms with Gasteiger partial charge >= 0.3 is 6.03 Å². The zero-order chi connectivity index (χ0) is 18.2. The van der Waals surface area contributed by atoms with Crippen LogP contribution in [0.2, 0.25) is 0 Å². The van der Waals surface area contributed by atoms with Crippen molar-refractivity contribution in [3.8, 4) is 11.1 Å². The van der Waals surface area contributed by atoms with E-state index >= 15 is 0 Å². The van der Waals surface area contributed by atoms with Crippen molar-refractivity contribution in [1.29, 1.82) is 0 Å². The first-order valence-electron chi connectivity index (χ1n) is 9.28. The molecular weight excluding hydrogens is 326 g/mol. The number of hydrogen-bond donors (Lipinski definition) is 3. The number of carbonyl (C=O) groups is 1. The molecule has 5 heteroatoms. The van der Waals surface area contributed by atoms with Gasteiger partial charge in [-0.3, -0.25) is 0 Å². The van der Waals surface area contributed by atoms with Gasteiger partial charge in [0, 0.05) is 25.3 Å². The molecule has 1 atom stereocenters. The SMILES string of the molecule is O=C(NC[C@@H]1CCCN(CCO)C1)Nc1ccc(-c2ccccc2)cc1. The molecule has 2 aromatic carbocycles. The Hall–Kier alpha value is -2.37. The van der Waals surface area contributed by atoms with Crippen LogP contribution in [0.4, 0.5) is 10.5 Å². The number of hydrogen-bond acceptors (Lipinski definition) is 3. The van der Waals surface area contributed by atoms with Crippen molar-refractivity contribution < 1.29 is 9.90 Å². The van der Waals surface area contributed by atoms with Gasteiger partial charge in [-0.05, 0) is 48.6 Å². The maximum Gasteiger partial charge on any atom is 0.319 e. The van der Waals surface area contributed by atoms with E-state index in [2.05, 4.69) is 27.7 Å². The highest BCUT2D eigenvalue weighted by Gasteiger charge is 2.19. The Morgan fingerprint density at radius 2 is 1.81 bits per heavy atom. The van der Waals surface area contributed by atoms with Gasteiger partial charge in [0.2, 0.25) is 0 Å². The van der Waals surface area contributed by atoms with E-state index in [1.54, 1.807) is 0 Å². The molecular formula is C21H27N3O2. The molecule has 1 fully saturated rings. The molecule has 2 aromatic rings. The number of nitrogens with one attached hydrogen (secondary N) is 2. The molecule has 0 spiro atoms. The van der Waals surface area contributed by atoms with Gasteiger partial charge in [-0.2, -0.15) is 0 Å². The fraction of sp³-hybridized carbons (Fsp3) is 0.381. The highest BCUT2D eigenvalue weighted by molar-refractivity contribution is 5.89. The second-order valence-electron chi connectivity index (χ2n) is 6.81. The van der Waals surface area contributed by atoms with Crippen LogP contribution in [-0.2, 0) is 0 Å². The Balaban J connectivity index is 1.46. The lowest BCUT2D eigenvalue weighted by Gasteiger charge is -2.32. The van der Waals surface area contributed by atoms with Gasteiger partial charge in [-0.15, -0.1) is 0 Å². The van der Waals surface area contributed by atoms with Crippen molar-refractivity contribution in [1.82, 2.24) is 10.2 Å². The van der Waals surface area contributed by atoms with E-state index in [-0.39, 0.29) is 12.6 Å². The lowest BCUT2D eigenvalue weighted by atomic mass is 9.98. The number of aliphatic hydroxyl groups is 1. The van der Waals surface area contributed by atoms with Crippen molar-refractivity contribution >= 4 is 11.7 Å². The average Bonchev–Trinajstić information content (AvgIpc) is 2.68. The van der Waals surface area contributed by atoms with Gasteiger partial charge < -0.3 is 20.6 Å². The van der Waals surface area contributed by atoms with Crippen molar-refractivity contribution in [2.75, 3.05) is 38.1 Å². The van der Waals surface area contributed by atoms with Gasteiger partial charge in [-0.25, -0.2) is 4.79 Å². The summed E-state index contributed by atoms with van der Waals surface area (Å²) < 4.78 is 0. The van der Waals surface area contributed by atoms with Crippen molar-refractivity contribution in [3.63, 3.8) is 0 Å². The van der Waals surface area contributed by atoms with Gasteiger partial charge in [0.15, 0.2) is 0 Å². The lowest BCUT2D eigenvalue weighted by Crippen LogP contribution is -2.42. The van der Waals surface area contributed by atoms with Gasteiger partial charge in [0.25, 0.3) is 0 Å². The molecule has 0 radical (unpaired) electrons. The molecule has 0 aliphatic carbocycles. The van der Waals surface area contributed by atoms with Crippen molar-refractivity contribution in [2.45, 2.75) is 12.8 Å². The Kier molecular flexibility index (Phi) is 6.63.